The molecule has 0 saturated heterocycles. The number of nitrogens with two attached hydrogens (primary N) is 1. The van der Waals surface area contributed by atoms with Gasteiger partial charge in [0.05, 0.1) is 6.10 Å². The summed E-state index contributed by atoms with van der Waals surface area (Å²) in [6, 6.07) is 8.15. The molecule has 100 valence electrons. The topological polar surface area (TPSA) is 35.2 Å². The number of hydrogen-bond acceptors (Lipinski definition) is 2. The van der Waals surface area contributed by atoms with Crippen LogP contribution in [0.1, 0.15) is 44.6 Å². The molecule has 2 atom stereocenters. The first-order chi connectivity index (χ1) is 8.74. The Morgan fingerprint density at radius 1 is 1.33 bits per heavy atom. The summed E-state index contributed by atoms with van der Waals surface area (Å²) in [5.74, 6) is 0.845. The fraction of sp³-hybridized carbons (Fsp3) is 0.625. The Bertz CT molecular complexity index is 364. The molecule has 0 aliphatic heterocycles. The largest absolute Gasteiger partial charge is 0.399 e. The van der Waals surface area contributed by atoms with Crippen LogP contribution in [0.15, 0.2) is 24.3 Å². The maximum atomic E-state index is 5.97. The molecule has 0 amide bonds. The average molecular weight is 247 g/mol. The highest BCUT2D eigenvalue weighted by atomic mass is 16.5. The minimum atomic E-state index is 0.509. The maximum absolute atomic E-state index is 5.97. The van der Waals surface area contributed by atoms with Crippen molar-refractivity contribution < 1.29 is 4.74 Å². The lowest BCUT2D eigenvalue weighted by Crippen LogP contribution is -2.22. The predicted molar refractivity (Wildman–Crippen MR) is 76.5 cm³/mol. The highest BCUT2D eigenvalue weighted by Gasteiger charge is 2.18. The van der Waals surface area contributed by atoms with Gasteiger partial charge in [-0.15, -0.1) is 0 Å². The Balaban J connectivity index is 1.64. The van der Waals surface area contributed by atoms with Gasteiger partial charge >= 0.3 is 0 Å². The summed E-state index contributed by atoms with van der Waals surface area (Å²) < 4.78 is 5.97. The van der Waals surface area contributed by atoms with Gasteiger partial charge in [0.1, 0.15) is 0 Å². The monoisotopic (exact) mass is 247 g/mol. The molecule has 2 N–H and O–H groups in total. The second-order valence-electron chi connectivity index (χ2n) is 5.61. The van der Waals surface area contributed by atoms with E-state index in [9.17, 15) is 0 Å². The number of anilines is 1. The van der Waals surface area contributed by atoms with Crippen molar-refractivity contribution in [1.82, 2.24) is 0 Å². The van der Waals surface area contributed by atoms with Crippen molar-refractivity contribution in [3.05, 3.63) is 29.8 Å². The summed E-state index contributed by atoms with van der Waals surface area (Å²) in [5, 5.41) is 0. The Kier molecular flexibility index (Phi) is 5.06. The van der Waals surface area contributed by atoms with Crippen molar-refractivity contribution >= 4 is 5.69 Å². The van der Waals surface area contributed by atoms with Crippen molar-refractivity contribution in [3.63, 3.8) is 0 Å². The van der Waals surface area contributed by atoms with Gasteiger partial charge in [-0.05, 0) is 49.3 Å². The highest BCUT2D eigenvalue weighted by molar-refractivity contribution is 5.40. The highest BCUT2D eigenvalue weighted by Crippen LogP contribution is 2.25. The lowest BCUT2D eigenvalue weighted by molar-refractivity contribution is 0.0146. The molecule has 18 heavy (non-hydrogen) atoms. The number of ether oxygens (including phenoxy) is 1. The molecular weight excluding hydrogens is 222 g/mol. The minimum absolute atomic E-state index is 0.509. The summed E-state index contributed by atoms with van der Waals surface area (Å²) in [7, 11) is 0. The van der Waals surface area contributed by atoms with Crippen LogP contribution in [0, 0.1) is 5.92 Å². The molecule has 2 rings (SSSR count). The molecule has 1 aromatic carbocycles. The van der Waals surface area contributed by atoms with Crippen LogP contribution in [0.4, 0.5) is 5.69 Å². The number of nitrogen functional groups attached to an aromatic ring is 1. The standard InChI is InChI=1S/C16H25NO/c1-13-5-2-9-16(11-13)18-10-4-7-14-6-3-8-15(17)12-14/h3,6,8,12-13,16H,2,4-5,7,9-11,17H2,1H3. The van der Waals surface area contributed by atoms with E-state index in [1.165, 1.54) is 31.2 Å². The van der Waals surface area contributed by atoms with Gasteiger partial charge < -0.3 is 10.5 Å². The van der Waals surface area contributed by atoms with Crippen LogP contribution in [-0.2, 0) is 11.2 Å². The van der Waals surface area contributed by atoms with E-state index in [0.29, 0.717) is 6.10 Å². The predicted octanol–water partition coefficient (Wildman–Crippen LogP) is 3.80. The summed E-state index contributed by atoms with van der Waals surface area (Å²) >= 11 is 0. The molecule has 1 fully saturated rings. The first-order valence-electron chi connectivity index (χ1n) is 7.20. The summed E-state index contributed by atoms with van der Waals surface area (Å²) in [5.41, 5.74) is 7.94. The lowest BCUT2D eigenvalue weighted by Gasteiger charge is -2.26. The van der Waals surface area contributed by atoms with Crippen LogP contribution in [-0.4, -0.2) is 12.7 Å². The van der Waals surface area contributed by atoms with Gasteiger partial charge in [-0.2, -0.15) is 0 Å². The van der Waals surface area contributed by atoms with E-state index in [-0.39, 0.29) is 0 Å². The van der Waals surface area contributed by atoms with Crippen LogP contribution in [0.2, 0.25) is 0 Å². The fourth-order valence-electron chi connectivity index (χ4n) is 2.80. The Labute approximate surface area is 111 Å². The lowest BCUT2D eigenvalue weighted by atomic mass is 9.89. The Hall–Kier alpha value is -1.02. The molecule has 2 unspecified atom stereocenters. The molecule has 1 aliphatic carbocycles. The molecule has 0 bridgehead atoms. The molecule has 1 aromatic rings. The van der Waals surface area contributed by atoms with E-state index in [1.54, 1.807) is 0 Å². The third-order valence-electron chi connectivity index (χ3n) is 3.80. The zero-order valence-corrected chi connectivity index (χ0v) is 11.4. The quantitative estimate of drug-likeness (QED) is 0.634. The molecule has 1 saturated carbocycles. The average Bonchev–Trinajstić information content (AvgIpc) is 2.35. The minimum Gasteiger partial charge on any atom is -0.399 e. The van der Waals surface area contributed by atoms with Gasteiger partial charge in [0, 0.05) is 12.3 Å². The van der Waals surface area contributed by atoms with Gasteiger partial charge in [-0.25, -0.2) is 0 Å². The van der Waals surface area contributed by atoms with Gasteiger partial charge in [-0.1, -0.05) is 31.9 Å². The van der Waals surface area contributed by atoms with Crippen LogP contribution >= 0.6 is 0 Å². The first-order valence-corrected chi connectivity index (χ1v) is 7.20. The van der Waals surface area contributed by atoms with E-state index in [1.807, 2.05) is 12.1 Å². The molecule has 1 aliphatic rings. The van der Waals surface area contributed by atoms with E-state index >= 15 is 0 Å². The summed E-state index contributed by atoms with van der Waals surface area (Å²) in [6.07, 6.45) is 7.88. The third-order valence-corrected chi connectivity index (χ3v) is 3.80. The number of aryl methyl sites for hydroxylation is 1. The van der Waals surface area contributed by atoms with Gasteiger partial charge in [0.2, 0.25) is 0 Å². The molecule has 0 heterocycles. The molecule has 2 heteroatoms. The van der Waals surface area contributed by atoms with E-state index in [4.69, 9.17) is 10.5 Å². The Morgan fingerprint density at radius 2 is 2.22 bits per heavy atom. The Morgan fingerprint density at radius 3 is 3.00 bits per heavy atom. The number of hydrogen-bond donors (Lipinski definition) is 1. The normalized spacial score (nSPS) is 24.1. The van der Waals surface area contributed by atoms with Crippen molar-refractivity contribution in [3.8, 4) is 0 Å². The van der Waals surface area contributed by atoms with Crippen molar-refractivity contribution in [2.24, 2.45) is 5.92 Å². The number of benzene rings is 1. The SMILES string of the molecule is CC1CCCC(OCCCc2cccc(N)c2)C1. The smallest absolute Gasteiger partial charge is 0.0577 e. The molecule has 0 aromatic heterocycles. The number of rotatable bonds is 5. The summed E-state index contributed by atoms with van der Waals surface area (Å²) in [4.78, 5) is 0. The van der Waals surface area contributed by atoms with E-state index in [2.05, 4.69) is 19.1 Å². The fourth-order valence-corrected chi connectivity index (χ4v) is 2.80. The van der Waals surface area contributed by atoms with Gasteiger partial charge in [0.25, 0.3) is 0 Å². The van der Waals surface area contributed by atoms with Crippen molar-refractivity contribution in [2.75, 3.05) is 12.3 Å². The zero-order chi connectivity index (χ0) is 12.8. The maximum Gasteiger partial charge on any atom is 0.0577 e. The first kappa shape index (κ1) is 13.4. The van der Waals surface area contributed by atoms with Gasteiger partial charge in [-0.3, -0.25) is 0 Å². The van der Waals surface area contributed by atoms with Crippen LogP contribution in [0.3, 0.4) is 0 Å². The second-order valence-corrected chi connectivity index (χ2v) is 5.61. The second kappa shape index (κ2) is 6.79. The van der Waals surface area contributed by atoms with E-state index in [0.717, 1.165) is 31.1 Å². The third kappa shape index (κ3) is 4.34. The van der Waals surface area contributed by atoms with E-state index < -0.39 is 0 Å². The van der Waals surface area contributed by atoms with Crippen LogP contribution in [0.25, 0.3) is 0 Å². The van der Waals surface area contributed by atoms with Crippen molar-refractivity contribution in [2.45, 2.75) is 51.6 Å². The molecule has 0 radical (unpaired) electrons. The molecular formula is C16H25NO. The molecule has 2 nitrogen and oxygen atoms in total. The molecule has 0 spiro atoms. The van der Waals surface area contributed by atoms with Gasteiger partial charge in [0.15, 0.2) is 0 Å². The van der Waals surface area contributed by atoms with Crippen LogP contribution < -0.4 is 5.73 Å². The van der Waals surface area contributed by atoms with Crippen LogP contribution in [0.5, 0.6) is 0 Å². The summed E-state index contributed by atoms with van der Waals surface area (Å²) in [6.45, 7) is 3.22. The zero-order valence-electron chi connectivity index (χ0n) is 11.4. The van der Waals surface area contributed by atoms with Crippen molar-refractivity contribution in [1.29, 1.82) is 0 Å².